The topological polar surface area (TPSA) is 38.9 Å². The number of benzene rings is 1. The Labute approximate surface area is 90.1 Å². The zero-order valence-electron chi connectivity index (χ0n) is 9.25. The monoisotopic (exact) mass is 200 g/mol. The molecule has 0 aliphatic heterocycles. The third kappa shape index (κ3) is 2.00. The van der Waals surface area contributed by atoms with Gasteiger partial charge in [0.15, 0.2) is 0 Å². The first-order valence-electron chi connectivity index (χ1n) is 5.27. The Morgan fingerprint density at radius 1 is 1.20 bits per heavy atom. The third-order valence-corrected chi connectivity index (χ3v) is 2.59. The SMILES string of the molecule is Cc1cc(C)c2nc(CCN)ccc2c1. The molecule has 0 saturated carbocycles. The van der Waals surface area contributed by atoms with Crippen LogP contribution in [0.2, 0.25) is 0 Å². The van der Waals surface area contributed by atoms with Gasteiger partial charge < -0.3 is 5.73 Å². The van der Waals surface area contributed by atoms with E-state index in [2.05, 4.69) is 43.1 Å². The van der Waals surface area contributed by atoms with Crippen LogP contribution in [0, 0.1) is 13.8 Å². The summed E-state index contributed by atoms with van der Waals surface area (Å²) in [4.78, 5) is 4.63. The average molecular weight is 200 g/mol. The highest BCUT2D eigenvalue weighted by molar-refractivity contribution is 5.82. The first-order chi connectivity index (χ1) is 7.20. The van der Waals surface area contributed by atoms with E-state index in [1.807, 2.05) is 0 Å². The zero-order valence-corrected chi connectivity index (χ0v) is 9.25. The minimum absolute atomic E-state index is 0.656. The lowest BCUT2D eigenvalue weighted by Gasteiger charge is -2.05. The van der Waals surface area contributed by atoms with Gasteiger partial charge in [-0.05, 0) is 38.1 Å². The highest BCUT2D eigenvalue weighted by atomic mass is 14.7. The minimum atomic E-state index is 0.656. The summed E-state index contributed by atoms with van der Waals surface area (Å²) in [6.45, 7) is 4.87. The minimum Gasteiger partial charge on any atom is -0.330 e. The van der Waals surface area contributed by atoms with Crippen molar-refractivity contribution in [3.63, 3.8) is 0 Å². The highest BCUT2D eigenvalue weighted by Gasteiger charge is 2.01. The third-order valence-electron chi connectivity index (χ3n) is 2.59. The Hall–Kier alpha value is -1.41. The molecule has 2 rings (SSSR count). The fourth-order valence-corrected chi connectivity index (χ4v) is 1.93. The van der Waals surface area contributed by atoms with Crippen molar-refractivity contribution in [2.75, 3.05) is 6.54 Å². The van der Waals surface area contributed by atoms with Crippen LogP contribution in [0.15, 0.2) is 24.3 Å². The first-order valence-corrected chi connectivity index (χ1v) is 5.27. The van der Waals surface area contributed by atoms with Gasteiger partial charge in [0.05, 0.1) is 5.52 Å². The van der Waals surface area contributed by atoms with Gasteiger partial charge in [0.2, 0.25) is 0 Å². The Bertz CT molecular complexity index is 489. The largest absolute Gasteiger partial charge is 0.330 e. The van der Waals surface area contributed by atoms with Gasteiger partial charge in [0.1, 0.15) is 0 Å². The second-order valence-electron chi connectivity index (χ2n) is 3.99. The molecule has 2 aromatic rings. The molecule has 0 aliphatic rings. The maximum Gasteiger partial charge on any atom is 0.0734 e. The van der Waals surface area contributed by atoms with Crippen molar-refractivity contribution in [2.24, 2.45) is 5.73 Å². The number of aryl methyl sites for hydroxylation is 2. The standard InChI is InChI=1S/C13H16N2/c1-9-7-10(2)13-11(8-9)3-4-12(15-13)5-6-14/h3-4,7-8H,5-6,14H2,1-2H3. The van der Waals surface area contributed by atoms with Gasteiger partial charge >= 0.3 is 0 Å². The molecule has 0 fully saturated rings. The molecule has 0 radical (unpaired) electrons. The van der Waals surface area contributed by atoms with Crippen LogP contribution in [0.25, 0.3) is 10.9 Å². The number of rotatable bonds is 2. The van der Waals surface area contributed by atoms with E-state index in [1.165, 1.54) is 16.5 Å². The summed E-state index contributed by atoms with van der Waals surface area (Å²) in [6, 6.07) is 8.53. The highest BCUT2D eigenvalue weighted by Crippen LogP contribution is 2.19. The van der Waals surface area contributed by atoms with Crippen molar-refractivity contribution in [1.29, 1.82) is 0 Å². The van der Waals surface area contributed by atoms with E-state index in [0.717, 1.165) is 17.6 Å². The molecule has 78 valence electrons. The van der Waals surface area contributed by atoms with Crippen LogP contribution in [0.4, 0.5) is 0 Å². The number of hydrogen-bond acceptors (Lipinski definition) is 2. The summed E-state index contributed by atoms with van der Waals surface area (Å²) in [5, 5.41) is 1.22. The summed E-state index contributed by atoms with van der Waals surface area (Å²) in [7, 11) is 0. The van der Waals surface area contributed by atoms with Crippen molar-refractivity contribution in [1.82, 2.24) is 4.98 Å². The molecule has 1 aromatic carbocycles. The van der Waals surface area contributed by atoms with Crippen molar-refractivity contribution in [3.05, 3.63) is 41.1 Å². The second kappa shape index (κ2) is 3.99. The molecule has 2 heteroatoms. The number of pyridine rings is 1. The van der Waals surface area contributed by atoms with E-state index in [9.17, 15) is 0 Å². The van der Waals surface area contributed by atoms with Crippen LogP contribution in [-0.2, 0) is 6.42 Å². The van der Waals surface area contributed by atoms with E-state index in [1.54, 1.807) is 0 Å². The smallest absolute Gasteiger partial charge is 0.0734 e. The number of fused-ring (bicyclic) bond motifs is 1. The van der Waals surface area contributed by atoms with Crippen molar-refractivity contribution in [2.45, 2.75) is 20.3 Å². The van der Waals surface area contributed by atoms with Gasteiger partial charge in [-0.15, -0.1) is 0 Å². The summed E-state index contributed by atoms with van der Waals surface area (Å²) >= 11 is 0. The quantitative estimate of drug-likeness (QED) is 0.808. The Morgan fingerprint density at radius 3 is 2.73 bits per heavy atom. The fraction of sp³-hybridized carbons (Fsp3) is 0.308. The second-order valence-corrected chi connectivity index (χ2v) is 3.99. The van der Waals surface area contributed by atoms with E-state index in [4.69, 9.17) is 5.73 Å². The average Bonchev–Trinajstić information content (AvgIpc) is 2.19. The molecule has 0 atom stereocenters. The van der Waals surface area contributed by atoms with Crippen molar-refractivity contribution in [3.8, 4) is 0 Å². The molecule has 0 saturated heterocycles. The molecular weight excluding hydrogens is 184 g/mol. The number of hydrogen-bond donors (Lipinski definition) is 1. The van der Waals surface area contributed by atoms with E-state index < -0.39 is 0 Å². The van der Waals surface area contributed by atoms with Gasteiger partial charge in [-0.2, -0.15) is 0 Å². The van der Waals surface area contributed by atoms with E-state index in [-0.39, 0.29) is 0 Å². The maximum atomic E-state index is 5.53. The lowest BCUT2D eigenvalue weighted by atomic mass is 10.1. The van der Waals surface area contributed by atoms with Crippen LogP contribution in [-0.4, -0.2) is 11.5 Å². The van der Waals surface area contributed by atoms with Crippen LogP contribution < -0.4 is 5.73 Å². The fourth-order valence-electron chi connectivity index (χ4n) is 1.93. The molecule has 2 N–H and O–H groups in total. The Morgan fingerprint density at radius 2 is 2.00 bits per heavy atom. The van der Waals surface area contributed by atoms with E-state index >= 15 is 0 Å². The van der Waals surface area contributed by atoms with Crippen LogP contribution in [0.5, 0.6) is 0 Å². The molecule has 0 unspecified atom stereocenters. The Kier molecular flexibility index (Phi) is 2.69. The summed E-state index contributed by atoms with van der Waals surface area (Å²) in [6.07, 6.45) is 0.850. The maximum absolute atomic E-state index is 5.53. The zero-order chi connectivity index (χ0) is 10.8. The van der Waals surface area contributed by atoms with Crippen LogP contribution in [0.1, 0.15) is 16.8 Å². The number of nitrogens with two attached hydrogens (primary N) is 1. The normalized spacial score (nSPS) is 10.9. The van der Waals surface area contributed by atoms with Gasteiger partial charge in [0.25, 0.3) is 0 Å². The molecule has 1 heterocycles. The van der Waals surface area contributed by atoms with E-state index in [0.29, 0.717) is 6.54 Å². The van der Waals surface area contributed by atoms with Crippen LogP contribution >= 0.6 is 0 Å². The molecule has 0 spiro atoms. The summed E-state index contributed by atoms with van der Waals surface area (Å²) in [5.41, 5.74) is 10.2. The number of aromatic nitrogens is 1. The predicted molar refractivity (Wildman–Crippen MR) is 64.0 cm³/mol. The lowest BCUT2D eigenvalue weighted by Crippen LogP contribution is -2.04. The predicted octanol–water partition coefficient (Wildman–Crippen LogP) is 2.35. The van der Waals surface area contributed by atoms with Gasteiger partial charge in [-0.3, -0.25) is 4.98 Å². The van der Waals surface area contributed by atoms with Crippen molar-refractivity contribution < 1.29 is 0 Å². The summed E-state index contributed by atoms with van der Waals surface area (Å²) < 4.78 is 0. The Balaban J connectivity index is 2.60. The van der Waals surface area contributed by atoms with Crippen LogP contribution in [0.3, 0.4) is 0 Å². The molecular formula is C13H16N2. The van der Waals surface area contributed by atoms with Gasteiger partial charge in [-0.25, -0.2) is 0 Å². The molecule has 2 nitrogen and oxygen atoms in total. The molecule has 0 aliphatic carbocycles. The van der Waals surface area contributed by atoms with Gasteiger partial charge in [0, 0.05) is 17.5 Å². The molecule has 0 bridgehead atoms. The summed E-state index contributed by atoms with van der Waals surface area (Å²) in [5.74, 6) is 0. The lowest BCUT2D eigenvalue weighted by molar-refractivity contribution is 0.931. The van der Waals surface area contributed by atoms with Gasteiger partial charge in [-0.1, -0.05) is 17.7 Å². The first kappa shape index (κ1) is 10.1. The number of nitrogens with zero attached hydrogens (tertiary/aromatic N) is 1. The molecule has 0 amide bonds. The molecule has 15 heavy (non-hydrogen) atoms. The van der Waals surface area contributed by atoms with Crippen molar-refractivity contribution >= 4 is 10.9 Å². The molecule has 1 aromatic heterocycles.